The van der Waals surface area contributed by atoms with Gasteiger partial charge in [0.05, 0.1) is 13.7 Å². The highest BCUT2D eigenvalue weighted by Gasteiger charge is 2.40. The second-order valence-corrected chi connectivity index (χ2v) is 6.49. The molecule has 2 aliphatic carbocycles. The highest BCUT2D eigenvalue weighted by atomic mass is 16.5. The van der Waals surface area contributed by atoms with Gasteiger partial charge in [0.2, 0.25) is 5.91 Å². The smallest absolute Gasteiger partial charge is 0.224 e. The number of benzene rings is 1. The fourth-order valence-electron chi connectivity index (χ4n) is 4.10. The zero-order valence-corrected chi connectivity index (χ0v) is 13.4. The highest BCUT2D eigenvalue weighted by Crippen LogP contribution is 2.49. The molecule has 0 saturated heterocycles. The molecule has 0 aromatic heterocycles. The van der Waals surface area contributed by atoms with Crippen LogP contribution in [0.1, 0.15) is 39.0 Å². The first kappa shape index (κ1) is 15.2. The summed E-state index contributed by atoms with van der Waals surface area (Å²) in [6.45, 7) is 2.52. The molecular weight excluding hydrogens is 278 g/mol. The van der Waals surface area contributed by atoms with Crippen molar-refractivity contribution in [2.24, 2.45) is 17.8 Å². The van der Waals surface area contributed by atoms with E-state index in [1.807, 2.05) is 25.1 Å². The number of amides is 1. The van der Waals surface area contributed by atoms with E-state index < -0.39 is 0 Å². The Bertz CT molecular complexity index is 543. The van der Waals surface area contributed by atoms with Gasteiger partial charge in [-0.25, -0.2) is 0 Å². The molecule has 0 spiro atoms. The van der Waals surface area contributed by atoms with Crippen LogP contribution in [0, 0.1) is 17.8 Å². The summed E-state index contributed by atoms with van der Waals surface area (Å²) in [6, 6.07) is 5.53. The standard InChI is InChI=1S/C18H25NO3/c1-3-22-16-7-6-15(11-17(16)21-2)19-18(20)10-14-9-12-4-5-13(14)8-12/h6-7,11-14H,3-5,8-10H2,1-2H3,(H,19,20)/t12-,13-,14-/m1/s1. The van der Waals surface area contributed by atoms with Crippen molar-refractivity contribution in [1.29, 1.82) is 0 Å². The Morgan fingerprint density at radius 3 is 2.77 bits per heavy atom. The molecule has 22 heavy (non-hydrogen) atoms. The average molecular weight is 303 g/mol. The van der Waals surface area contributed by atoms with Gasteiger partial charge in [0.15, 0.2) is 11.5 Å². The summed E-state index contributed by atoms with van der Waals surface area (Å²) in [7, 11) is 1.61. The first-order valence-electron chi connectivity index (χ1n) is 8.30. The Balaban J connectivity index is 1.59. The minimum Gasteiger partial charge on any atom is -0.493 e. The Morgan fingerprint density at radius 2 is 2.14 bits per heavy atom. The van der Waals surface area contributed by atoms with Gasteiger partial charge in [-0.2, -0.15) is 0 Å². The minimum absolute atomic E-state index is 0.115. The Hall–Kier alpha value is -1.71. The zero-order valence-electron chi connectivity index (χ0n) is 13.4. The summed E-state index contributed by atoms with van der Waals surface area (Å²) in [6.07, 6.45) is 5.93. The highest BCUT2D eigenvalue weighted by molar-refractivity contribution is 5.91. The lowest BCUT2D eigenvalue weighted by Crippen LogP contribution is -2.20. The van der Waals surface area contributed by atoms with Gasteiger partial charge in [-0.3, -0.25) is 4.79 Å². The van der Waals surface area contributed by atoms with Crippen LogP contribution in [0.15, 0.2) is 18.2 Å². The summed E-state index contributed by atoms with van der Waals surface area (Å²) in [5.41, 5.74) is 0.772. The predicted molar refractivity (Wildman–Crippen MR) is 86.3 cm³/mol. The van der Waals surface area contributed by atoms with E-state index in [0.717, 1.165) is 17.5 Å². The molecule has 2 saturated carbocycles. The molecule has 0 aliphatic heterocycles. The van der Waals surface area contributed by atoms with E-state index in [1.165, 1.54) is 25.7 Å². The molecule has 2 fully saturated rings. The fourth-order valence-corrected chi connectivity index (χ4v) is 4.10. The maximum absolute atomic E-state index is 12.3. The molecule has 3 rings (SSSR count). The van der Waals surface area contributed by atoms with Crippen LogP contribution in [0.25, 0.3) is 0 Å². The SMILES string of the molecule is CCOc1ccc(NC(=O)C[C@H]2C[C@@H]3CC[C@@H]2C3)cc1OC. The van der Waals surface area contributed by atoms with Gasteiger partial charge in [-0.1, -0.05) is 6.42 Å². The number of fused-ring (bicyclic) bond motifs is 2. The molecule has 1 aromatic rings. The number of anilines is 1. The lowest BCUT2D eigenvalue weighted by molar-refractivity contribution is -0.117. The molecule has 0 unspecified atom stereocenters. The molecule has 2 aliphatic rings. The monoisotopic (exact) mass is 303 g/mol. The third kappa shape index (κ3) is 3.21. The predicted octanol–water partition coefficient (Wildman–Crippen LogP) is 3.86. The van der Waals surface area contributed by atoms with E-state index in [9.17, 15) is 4.79 Å². The first-order chi connectivity index (χ1) is 10.7. The van der Waals surface area contributed by atoms with Gasteiger partial charge >= 0.3 is 0 Å². The molecule has 4 nitrogen and oxygen atoms in total. The zero-order chi connectivity index (χ0) is 15.5. The first-order valence-corrected chi connectivity index (χ1v) is 8.30. The van der Waals surface area contributed by atoms with Gasteiger partial charge in [0.25, 0.3) is 0 Å². The lowest BCUT2D eigenvalue weighted by atomic mass is 9.86. The summed E-state index contributed by atoms with van der Waals surface area (Å²) < 4.78 is 10.8. The number of hydrogen-bond acceptors (Lipinski definition) is 3. The number of nitrogens with one attached hydrogen (secondary N) is 1. The van der Waals surface area contributed by atoms with E-state index in [1.54, 1.807) is 7.11 Å². The van der Waals surface area contributed by atoms with Crippen LogP contribution in [0.3, 0.4) is 0 Å². The van der Waals surface area contributed by atoms with Gasteiger partial charge in [-0.05, 0) is 56.1 Å². The Labute approximate surface area is 132 Å². The second kappa shape index (κ2) is 6.59. The van der Waals surface area contributed by atoms with E-state index in [4.69, 9.17) is 9.47 Å². The maximum Gasteiger partial charge on any atom is 0.224 e. The van der Waals surface area contributed by atoms with Crippen molar-refractivity contribution in [3.63, 3.8) is 0 Å². The second-order valence-electron chi connectivity index (χ2n) is 6.49. The Morgan fingerprint density at radius 1 is 1.27 bits per heavy atom. The van der Waals surface area contributed by atoms with Crippen LogP contribution < -0.4 is 14.8 Å². The van der Waals surface area contributed by atoms with Gasteiger partial charge in [-0.15, -0.1) is 0 Å². The minimum atomic E-state index is 0.115. The normalized spacial score (nSPS) is 26.0. The third-order valence-corrected chi connectivity index (χ3v) is 5.08. The van der Waals surface area contributed by atoms with Gasteiger partial charge < -0.3 is 14.8 Å². The molecule has 0 heterocycles. The van der Waals surface area contributed by atoms with Crippen molar-refractivity contribution >= 4 is 11.6 Å². The molecule has 1 N–H and O–H groups in total. The molecule has 4 heteroatoms. The van der Waals surface area contributed by atoms with Crippen LogP contribution >= 0.6 is 0 Å². The molecule has 1 amide bonds. The maximum atomic E-state index is 12.3. The van der Waals surface area contributed by atoms with Crippen LogP contribution in [-0.2, 0) is 4.79 Å². The third-order valence-electron chi connectivity index (χ3n) is 5.08. The topological polar surface area (TPSA) is 47.6 Å². The van der Waals surface area contributed by atoms with Crippen molar-refractivity contribution < 1.29 is 14.3 Å². The Kier molecular flexibility index (Phi) is 4.55. The molecule has 3 atom stereocenters. The van der Waals surface area contributed by atoms with Crippen LogP contribution in [0.2, 0.25) is 0 Å². The molecule has 1 aromatic carbocycles. The number of ether oxygens (including phenoxy) is 2. The van der Waals surface area contributed by atoms with Crippen molar-refractivity contribution in [3.05, 3.63) is 18.2 Å². The fraction of sp³-hybridized carbons (Fsp3) is 0.611. The summed E-state index contributed by atoms with van der Waals surface area (Å²) >= 11 is 0. The average Bonchev–Trinajstić information content (AvgIpc) is 3.11. The van der Waals surface area contributed by atoms with Crippen LogP contribution in [0.4, 0.5) is 5.69 Å². The molecule has 0 radical (unpaired) electrons. The van der Waals surface area contributed by atoms with Crippen molar-refractivity contribution in [2.45, 2.75) is 39.0 Å². The number of carbonyl (C=O) groups excluding carboxylic acids is 1. The van der Waals surface area contributed by atoms with Gasteiger partial charge in [0, 0.05) is 18.2 Å². The molecule has 120 valence electrons. The van der Waals surface area contributed by atoms with E-state index >= 15 is 0 Å². The number of carbonyl (C=O) groups is 1. The van der Waals surface area contributed by atoms with Gasteiger partial charge in [0.1, 0.15) is 0 Å². The molecular formula is C18H25NO3. The van der Waals surface area contributed by atoms with Crippen LogP contribution in [-0.4, -0.2) is 19.6 Å². The van der Waals surface area contributed by atoms with Crippen LogP contribution in [0.5, 0.6) is 11.5 Å². The largest absolute Gasteiger partial charge is 0.493 e. The summed E-state index contributed by atoms with van der Waals surface area (Å²) in [5.74, 6) is 3.72. The summed E-state index contributed by atoms with van der Waals surface area (Å²) in [4.78, 5) is 12.3. The van der Waals surface area contributed by atoms with E-state index in [-0.39, 0.29) is 5.91 Å². The number of methoxy groups -OCH3 is 1. The number of hydrogen-bond donors (Lipinski definition) is 1. The lowest BCUT2D eigenvalue weighted by Gasteiger charge is -2.21. The number of rotatable bonds is 6. The molecule has 2 bridgehead atoms. The quantitative estimate of drug-likeness (QED) is 0.868. The van der Waals surface area contributed by atoms with Crippen molar-refractivity contribution in [1.82, 2.24) is 0 Å². The van der Waals surface area contributed by atoms with E-state index in [2.05, 4.69) is 5.32 Å². The van der Waals surface area contributed by atoms with E-state index in [0.29, 0.717) is 30.4 Å². The van der Waals surface area contributed by atoms with Crippen molar-refractivity contribution in [3.8, 4) is 11.5 Å². The summed E-state index contributed by atoms with van der Waals surface area (Å²) in [5, 5.41) is 3.00. The van der Waals surface area contributed by atoms with Crippen molar-refractivity contribution in [2.75, 3.05) is 19.0 Å².